The number of hydrogen-bond acceptors (Lipinski definition) is 7. The molecule has 1 aliphatic carbocycles. The van der Waals surface area contributed by atoms with Gasteiger partial charge in [0.25, 0.3) is 0 Å². The number of nitriles is 2. The van der Waals surface area contributed by atoms with Crippen LogP contribution < -0.4 is 0 Å². The molecule has 2 aromatic heterocycles. The van der Waals surface area contributed by atoms with Gasteiger partial charge in [0, 0.05) is 29.1 Å². The molecular formula is C27H14N4O3. The third-order valence-electron chi connectivity index (χ3n) is 5.62. The van der Waals surface area contributed by atoms with Crippen molar-refractivity contribution in [2.75, 3.05) is 0 Å². The molecule has 0 saturated carbocycles. The highest BCUT2D eigenvalue weighted by Crippen LogP contribution is 2.41. The van der Waals surface area contributed by atoms with Crippen LogP contribution >= 0.6 is 0 Å². The summed E-state index contributed by atoms with van der Waals surface area (Å²) in [6.07, 6.45) is 3.23. The van der Waals surface area contributed by atoms with Crippen LogP contribution in [0.5, 0.6) is 11.5 Å². The Kier molecular flexibility index (Phi) is 4.86. The number of fused-ring (bicyclic) bond motifs is 3. The Morgan fingerprint density at radius 1 is 0.676 bits per heavy atom. The van der Waals surface area contributed by atoms with Gasteiger partial charge in [-0.25, -0.2) is 0 Å². The van der Waals surface area contributed by atoms with Crippen LogP contribution in [0.4, 0.5) is 0 Å². The maximum atomic E-state index is 13.6. The number of phenols is 2. The third-order valence-corrected chi connectivity index (χ3v) is 5.62. The first-order valence-corrected chi connectivity index (χ1v) is 10.2. The average molecular weight is 442 g/mol. The van der Waals surface area contributed by atoms with Gasteiger partial charge in [-0.3, -0.25) is 14.8 Å². The Morgan fingerprint density at radius 3 is 1.59 bits per heavy atom. The summed E-state index contributed by atoms with van der Waals surface area (Å²) in [6.45, 7) is 0. The van der Waals surface area contributed by atoms with Crippen molar-refractivity contribution in [1.82, 2.24) is 9.97 Å². The number of ketones is 1. The van der Waals surface area contributed by atoms with Gasteiger partial charge in [-0.05, 0) is 47.5 Å². The van der Waals surface area contributed by atoms with E-state index < -0.39 is 5.78 Å². The van der Waals surface area contributed by atoms with Crippen LogP contribution in [0.3, 0.4) is 0 Å². The molecule has 160 valence electrons. The van der Waals surface area contributed by atoms with Crippen LogP contribution in [0.25, 0.3) is 39.2 Å². The summed E-state index contributed by atoms with van der Waals surface area (Å²) in [4.78, 5) is 22.6. The van der Waals surface area contributed by atoms with Crippen molar-refractivity contribution >= 4 is 11.4 Å². The predicted octanol–water partition coefficient (Wildman–Crippen LogP) is 4.89. The maximum absolute atomic E-state index is 13.6. The molecule has 0 unspecified atom stereocenters. The summed E-state index contributed by atoms with van der Waals surface area (Å²) in [5.74, 6) is -0.256. The lowest BCUT2D eigenvalue weighted by molar-refractivity contribution is 0.105. The molecular weight excluding hydrogens is 428 g/mol. The zero-order chi connectivity index (χ0) is 23.8. The number of hydrogen-bond donors (Lipinski definition) is 2. The Labute approximate surface area is 194 Å². The molecule has 4 aromatic rings. The van der Waals surface area contributed by atoms with Crippen LogP contribution in [0.1, 0.15) is 15.9 Å². The van der Waals surface area contributed by atoms with Crippen molar-refractivity contribution in [2.45, 2.75) is 0 Å². The first-order chi connectivity index (χ1) is 16.5. The molecule has 5 rings (SSSR count). The van der Waals surface area contributed by atoms with E-state index in [4.69, 9.17) is 0 Å². The standard InChI is InChI=1S/C27H14N4O3/c28-11-19(12-29)24-22-9-17(15-1-5-20(32)6-2-15)13-30-25(22)26-23(27(24)34)10-18(14-31-26)16-3-7-21(33)8-4-16/h1-10,13-14,32-33H. The third kappa shape index (κ3) is 3.35. The van der Waals surface area contributed by atoms with E-state index in [-0.39, 0.29) is 28.2 Å². The van der Waals surface area contributed by atoms with Crippen LogP contribution in [0.2, 0.25) is 0 Å². The van der Waals surface area contributed by atoms with E-state index in [1.807, 2.05) is 12.1 Å². The van der Waals surface area contributed by atoms with Gasteiger partial charge in [0.1, 0.15) is 34.9 Å². The van der Waals surface area contributed by atoms with Crippen LogP contribution in [-0.2, 0) is 0 Å². The van der Waals surface area contributed by atoms with Crippen LogP contribution in [-0.4, -0.2) is 26.0 Å². The van der Waals surface area contributed by atoms with Crippen molar-refractivity contribution in [3.63, 3.8) is 0 Å². The topological polar surface area (TPSA) is 131 Å². The van der Waals surface area contributed by atoms with Crippen molar-refractivity contribution < 1.29 is 15.0 Å². The lowest BCUT2D eigenvalue weighted by Crippen LogP contribution is -2.16. The fourth-order valence-corrected chi connectivity index (χ4v) is 3.94. The molecule has 0 bridgehead atoms. The molecule has 0 amide bonds. The summed E-state index contributed by atoms with van der Waals surface area (Å²) in [5, 5.41) is 38.3. The number of aromatic nitrogens is 2. The Hall–Kier alpha value is -5.27. The second-order valence-corrected chi connectivity index (χ2v) is 7.64. The second kappa shape index (κ2) is 8.01. The minimum Gasteiger partial charge on any atom is -0.508 e. The number of carbonyl (C=O) groups excluding carboxylic acids is 1. The van der Waals surface area contributed by atoms with Crippen molar-refractivity contribution in [2.24, 2.45) is 0 Å². The van der Waals surface area contributed by atoms with E-state index in [1.165, 1.54) is 24.3 Å². The fourth-order valence-electron chi connectivity index (χ4n) is 3.94. The van der Waals surface area contributed by atoms with Gasteiger partial charge in [-0.2, -0.15) is 10.5 Å². The number of nitrogens with zero attached hydrogens (tertiary/aromatic N) is 4. The minimum atomic E-state index is -0.488. The smallest absolute Gasteiger partial charge is 0.198 e. The SMILES string of the molecule is N#CC(C#N)=C1C(=O)c2cc(-c3ccc(O)cc3)cnc2-c2ncc(-c3ccc(O)cc3)cc21. The lowest BCUT2D eigenvalue weighted by atomic mass is 9.83. The van der Waals surface area contributed by atoms with Crippen molar-refractivity contribution in [1.29, 1.82) is 10.5 Å². The van der Waals surface area contributed by atoms with Crippen LogP contribution in [0.15, 0.2) is 78.6 Å². The number of benzene rings is 2. The number of rotatable bonds is 2. The number of pyridine rings is 2. The molecule has 0 atom stereocenters. The molecule has 0 spiro atoms. The van der Waals surface area contributed by atoms with Gasteiger partial charge in [0.2, 0.25) is 0 Å². The highest BCUT2D eigenvalue weighted by atomic mass is 16.3. The summed E-state index contributed by atoms with van der Waals surface area (Å²) < 4.78 is 0. The first kappa shape index (κ1) is 20.6. The number of phenolic OH excluding ortho intramolecular Hbond substituents is 2. The fraction of sp³-hybridized carbons (Fsp3) is 0. The highest BCUT2D eigenvalue weighted by Gasteiger charge is 2.33. The second-order valence-electron chi connectivity index (χ2n) is 7.64. The largest absolute Gasteiger partial charge is 0.508 e. The molecule has 7 nitrogen and oxygen atoms in total. The molecule has 2 N–H and O–H groups in total. The van der Waals surface area contributed by atoms with E-state index in [0.29, 0.717) is 28.1 Å². The zero-order valence-corrected chi connectivity index (χ0v) is 17.5. The van der Waals surface area contributed by atoms with Gasteiger partial charge < -0.3 is 10.2 Å². The van der Waals surface area contributed by atoms with Crippen LogP contribution in [0, 0.1) is 22.7 Å². The molecule has 1 aliphatic rings. The molecule has 34 heavy (non-hydrogen) atoms. The zero-order valence-electron chi connectivity index (χ0n) is 17.5. The quantitative estimate of drug-likeness (QED) is 0.334. The Morgan fingerprint density at radius 2 is 1.12 bits per heavy atom. The number of carbonyl (C=O) groups is 1. The molecule has 0 aliphatic heterocycles. The molecule has 2 heterocycles. The van der Waals surface area contributed by atoms with Crippen molar-refractivity contribution in [3.8, 4) is 57.3 Å². The molecule has 7 heteroatoms. The summed E-state index contributed by atoms with van der Waals surface area (Å²) >= 11 is 0. The number of Topliss-reactive ketones (excluding diaryl/α,β-unsaturated/α-hetero) is 1. The molecule has 2 aromatic carbocycles. The van der Waals surface area contributed by atoms with E-state index >= 15 is 0 Å². The maximum Gasteiger partial charge on any atom is 0.198 e. The average Bonchev–Trinajstić information content (AvgIpc) is 2.87. The Balaban J connectivity index is 1.74. The van der Waals surface area contributed by atoms with Gasteiger partial charge >= 0.3 is 0 Å². The van der Waals surface area contributed by atoms with E-state index in [0.717, 1.165) is 11.1 Å². The Bertz CT molecular complexity index is 1570. The van der Waals surface area contributed by atoms with Gasteiger partial charge in [-0.1, -0.05) is 24.3 Å². The minimum absolute atomic E-state index is 0.0229. The summed E-state index contributed by atoms with van der Waals surface area (Å²) in [5.41, 5.74) is 3.81. The first-order valence-electron chi connectivity index (χ1n) is 10.2. The molecule has 0 radical (unpaired) electrons. The summed E-state index contributed by atoms with van der Waals surface area (Å²) in [6, 6.07) is 20.0. The van der Waals surface area contributed by atoms with Crippen molar-refractivity contribution in [3.05, 3.63) is 89.8 Å². The van der Waals surface area contributed by atoms with E-state index in [1.54, 1.807) is 48.8 Å². The number of aromatic hydroxyl groups is 2. The molecule has 0 saturated heterocycles. The normalized spacial score (nSPS) is 11.7. The molecule has 0 fully saturated rings. The lowest BCUT2D eigenvalue weighted by Gasteiger charge is -2.21. The van der Waals surface area contributed by atoms with E-state index in [9.17, 15) is 25.5 Å². The number of allylic oxidation sites excluding steroid dienone is 2. The predicted molar refractivity (Wildman–Crippen MR) is 124 cm³/mol. The monoisotopic (exact) mass is 442 g/mol. The van der Waals surface area contributed by atoms with E-state index in [2.05, 4.69) is 9.97 Å². The van der Waals surface area contributed by atoms with Gasteiger partial charge in [0.15, 0.2) is 5.78 Å². The van der Waals surface area contributed by atoms with Gasteiger partial charge in [0.05, 0.1) is 16.8 Å². The van der Waals surface area contributed by atoms with Gasteiger partial charge in [-0.15, -0.1) is 0 Å². The summed E-state index contributed by atoms with van der Waals surface area (Å²) in [7, 11) is 0. The highest BCUT2D eigenvalue weighted by molar-refractivity contribution is 6.35.